The normalized spacial score (nSPS) is 23.0. The number of anilines is 2. The lowest BCUT2D eigenvalue weighted by molar-refractivity contribution is -0.384. The van der Waals surface area contributed by atoms with Crippen LogP contribution in [0.25, 0.3) is 0 Å². The minimum atomic E-state index is -0.412. The number of nitro benzene ring substituents is 1. The van der Waals surface area contributed by atoms with Crippen molar-refractivity contribution in [3.63, 3.8) is 0 Å². The standard InChI is InChI=1S/C14H21N3O2/c1-10-4-2-3-5-11(10)9-16-13-6-12(15)7-14(8-13)17(18)19/h6-8,10-11,16H,2-5,9,15H2,1H3. The summed E-state index contributed by atoms with van der Waals surface area (Å²) in [7, 11) is 0. The van der Waals surface area contributed by atoms with Crippen LogP contribution in [0.5, 0.6) is 0 Å². The number of benzene rings is 1. The summed E-state index contributed by atoms with van der Waals surface area (Å²) in [5.41, 5.74) is 6.89. The number of hydrogen-bond donors (Lipinski definition) is 2. The third kappa shape index (κ3) is 3.59. The van der Waals surface area contributed by atoms with Crippen molar-refractivity contribution in [3.05, 3.63) is 28.3 Å². The van der Waals surface area contributed by atoms with E-state index in [0.717, 1.165) is 18.2 Å². The van der Waals surface area contributed by atoms with Crippen LogP contribution in [0.15, 0.2) is 18.2 Å². The SMILES string of the molecule is CC1CCCCC1CNc1cc(N)cc([N+](=O)[O-])c1. The lowest BCUT2D eigenvalue weighted by Crippen LogP contribution is -2.24. The second-order valence-electron chi connectivity index (χ2n) is 5.47. The Kier molecular flexibility index (Phi) is 4.24. The average Bonchev–Trinajstić information content (AvgIpc) is 2.37. The maximum atomic E-state index is 10.8. The Morgan fingerprint density at radius 3 is 2.79 bits per heavy atom. The molecule has 104 valence electrons. The molecule has 1 aromatic rings. The van der Waals surface area contributed by atoms with Gasteiger partial charge in [0.05, 0.1) is 4.92 Å². The fourth-order valence-corrected chi connectivity index (χ4v) is 2.79. The van der Waals surface area contributed by atoms with Gasteiger partial charge in [-0.25, -0.2) is 0 Å². The summed E-state index contributed by atoms with van der Waals surface area (Å²) in [6.07, 6.45) is 5.12. The molecule has 5 nitrogen and oxygen atoms in total. The second kappa shape index (κ2) is 5.91. The Bertz CT molecular complexity index is 462. The Morgan fingerprint density at radius 2 is 2.11 bits per heavy atom. The topological polar surface area (TPSA) is 81.2 Å². The molecule has 0 aliphatic heterocycles. The van der Waals surface area contributed by atoms with E-state index in [4.69, 9.17) is 5.73 Å². The summed E-state index contributed by atoms with van der Waals surface area (Å²) in [6.45, 7) is 3.15. The predicted molar refractivity (Wildman–Crippen MR) is 77.1 cm³/mol. The molecule has 1 aromatic carbocycles. The Balaban J connectivity index is 2.00. The van der Waals surface area contributed by atoms with E-state index in [-0.39, 0.29) is 5.69 Å². The predicted octanol–water partition coefficient (Wildman–Crippen LogP) is 3.42. The van der Waals surface area contributed by atoms with Crippen LogP contribution in [0, 0.1) is 22.0 Å². The highest BCUT2D eigenvalue weighted by molar-refractivity contribution is 5.61. The number of nitrogens with one attached hydrogen (secondary N) is 1. The first-order valence-corrected chi connectivity index (χ1v) is 6.85. The summed E-state index contributed by atoms with van der Waals surface area (Å²) >= 11 is 0. The first kappa shape index (κ1) is 13.6. The molecule has 0 amide bonds. The first-order valence-electron chi connectivity index (χ1n) is 6.85. The summed E-state index contributed by atoms with van der Waals surface area (Å²) in [6, 6.07) is 4.68. The quantitative estimate of drug-likeness (QED) is 0.495. The minimum absolute atomic E-state index is 0.0409. The van der Waals surface area contributed by atoms with Gasteiger partial charge in [-0.05, 0) is 24.3 Å². The fraction of sp³-hybridized carbons (Fsp3) is 0.571. The number of nitrogen functional groups attached to an aromatic ring is 1. The van der Waals surface area contributed by atoms with Crippen LogP contribution in [0.4, 0.5) is 17.1 Å². The van der Waals surface area contributed by atoms with Gasteiger partial charge in [0, 0.05) is 30.1 Å². The fourth-order valence-electron chi connectivity index (χ4n) is 2.79. The van der Waals surface area contributed by atoms with E-state index in [1.54, 1.807) is 12.1 Å². The largest absolute Gasteiger partial charge is 0.398 e. The van der Waals surface area contributed by atoms with Crippen molar-refractivity contribution in [3.8, 4) is 0 Å². The summed E-state index contributed by atoms with van der Waals surface area (Å²) in [5.74, 6) is 1.37. The van der Waals surface area contributed by atoms with E-state index in [2.05, 4.69) is 12.2 Å². The molecule has 5 heteroatoms. The van der Waals surface area contributed by atoms with Crippen LogP contribution in [0.1, 0.15) is 32.6 Å². The third-order valence-electron chi connectivity index (χ3n) is 4.01. The molecule has 0 heterocycles. The third-order valence-corrected chi connectivity index (χ3v) is 4.01. The molecule has 0 aromatic heterocycles. The molecule has 1 fully saturated rings. The Morgan fingerprint density at radius 1 is 1.37 bits per heavy atom. The van der Waals surface area contributed by atoms with E-state index in [9.17, 15) is 10.1 Å². The molecular formula is C14H21N3O2. The molecule has 19 heavy (non-hydrogen) atoms. The second-order valence-corrected chi connectivity index (χ2v) is 5.47. The van der Waals surface area contributed by atoms with Crippen LogP contribution in [-0.4, -0.2) is 11.5 Å². The molecule has 2 unspecified atom stereocenters. The van der Waals surface area contributed by atoms with E-state index in [1.807, 2.05) is 0 Å². The van der Waals surface area contributed by atoms with Crippen LogP contribution in [0.2, 0.25) is 0 Å². The van der Waals surface area contributed by atoms with Crippen molar-refractivity contribution >= 4 is 17.1 Å². The van der Waals surface area contributed by atoms with Crippen molar-refractivity contribution in [2.24, 2.45) is 11.8 Å². The molecule has 2 rings (SSSR count). The maximum absolute atomic E-state index is 10.8. The van der Waals surface area contributed by atoms with Gasteiger partial charge in [-0.3, -0.25) is 10.1 Å². The van der Waals surface area contributed by atoms with Gasteiger partial charge in [-0.2, -0.15) is 0 Å². The van der Waals surface area contributed by atoms with Gasteiger partial charge >= 0.3 is 0 Å². The van der Waals surface area contributed by atoms with Gasteiger partial charge < -0.3 is 11.1 Å². The lowest BCUT2D eigenvalue weighted by atomic mass is 9.80. The van der Waals surface area contributed by atoms with Crippen molar-refractivity contribution in [2.75, 3.05) is 17.6 Å². The number of nitrogens with zero attached hydrogens (tertiary/aromatic N) is 1. The number of non-ortho nitro benzene ring substituents is 1. The zero-order valence-electron chi connectivity index (χ0n) is 11.3. The van der Waals surface area contributed by atoms with Gasteiger partial charge in [0.2, 0.25) is 0 Å². The number of rotatable bonds is 4. The zero-order chi connectivity index (χ0) is 13.8. The van der Waals surface area contributed by atoms with Crippen LogP contribution >= 0.6 is 0 Å². The van der Waals surface area contributed by atoms with E-state index < -0.39 is 4.92 Å². The van der Waals surface area contributed by atoms with Crippen molar-refractivity contribution < 1.29 is 4.92 Å². The van der Waals surface area contributed by atoms with Crippen LogP contribution < -0.4 is 11.1 Å². The summed E-state index contributed by atoms with van der Waals surface area (Å²) < 4.78 is 0. The smallest absolute Gasteiger partial charge is 0.273 e. The molecule has 0 radical (unpaired) electrons. The molecule has 0 saturated heterocycles. The first-order chi connectivity index (χ1) is 9.06. The highest BCUT2D eigenvalue weighted by atomic mass is 16.6. The van der Waals surface area contributed by atoms with Gasteiger partial charge in [-0.15, -0.1) is 0 Å². The molecule has 2 atom stereocenters. The number of nitro groups is 1. The minimum Gasteiger partial charge on any atom is -0.398 e. The van der Waals surface area contributed by atoms with Gasteiger partial charge in [0.1, 0.15) is 0 Å². The van der Waals surface area contributed by atoms with E-state index >= 15 is 0 Å². The van der Waals surface area contributed by atoms with Crippen LogP contribution in [0.3, 0.4) is 0 Å². The summed E-state index contributed by atoms with van der Waals surface area (Å²) in [5, 5.41) is 14.1. The molecule has 3 N–H and O–H groups in total. The molecule has 1 aliphatic rings. The molecule has 1 saturated carbocycles. The van der Waals surface area contributed by atoms with Gasteiger partial charge in [0.25, 0.3) is 5.69 Å². The van der Waals surface area contributed by atoms with Gasteiger partial charge in [-0.1, -0.05) is 26.2 Å². The lowest BCUT2D eigenvalue weighted by Gasteiger charge is -2.29. The van der Waals surface area contributed by atoms with E-state index in [0.29, 0.717) is 11.6 Å². The maximum Gasteiger partial charge on any atom is 0.273 e. The van der Waals surface area contributed by atoms with Crippen molar-refractivity contribution in [1.29, 1.82) is 0 Å². The monoisotopic (exact) mass is 263 g/mol. The highest BCUT2D eigenvalue weighted by Gasteiger charge is 2.21. The molecule has 1 aliphatic carbocycles. The summed E-state index contributed by atoms with van der Waals surface area (Å²) in [4.78, 5) is 10.4. The zero-order valence-corrected chi connectivity index (χ0v) is 11.3. The van der Waals surface area contributed by atoms with Gasteiger partial charge in [0.15, 0.2) is 0 Å². The van der Waals surface area contributed by atoms with Crippen molar-refractivity contribution in [2.45, 2.75) is 32.6 Å². The molecule has 0 spiro atoms. The van der Waals surface area contributed by atoms with Crippen molar-refractivity contribution in [1.82, 2.24) is 0 Å². The molecule has 0 bridgehead atoms. The highest BCUT2D eigenvalue weighted by Crippen LogP contribution is 2.30. The number of nitrogens with two attached hydrogens (primary N) is 1. The Hall–Kier alpha value is -1.78. The van der Waals surface area contributed by atoms with Crippen LogP contribution in [-0.2, 0) is 0 Å². The average molecular weight is 263 g/mol. The van der Waals surface area contributed by atoms with E-state index in [1.165, 1.54) is 31.7 Å². The Labute approximate surface area is 113 Å². The molecular weight excluding hydrogens is 242 g/mol. The number of hydrogen-bond acceptors (Lipinski definition) is 4.